The fourth-order valence-corrected chi connectivity index (χ4v) is 3.14. The van der Waals surface area contributed by atoms with Crippen LogP contribution in [0.3, 0.4) is 0 Å². The lowest BCUT2D eigenvalue weighted by molar-refractivity contribution is 0.0905. The SMILES string of the molecule is CC(C)(C)C1CCC(NC(=O)c2cc(N)ccc2N)CC1. The summed E-state index contributed by atoms with van der Waals surface area (Å²) in [5.74, 6) is 0.627. The molecule has 1 aliphatic carbocycles. The average molecular weight is 289 g/mol. The molecule has 1 aliphatic rings. The Labute approximate surface area is 127 Å². The quantitative estimate of drug-likeness (QED) is 0.731. The van der Waals surface area contributed by atoms with Crippen LogP contribution in [-0.2, 0) is 0 Å². The Hall–Kier alpha value is -1.71. The van der Waals surface area contributed by atoms with Gasteiger partial charge in [0.2, 0.25) is 0 Å². The summed E-state index contributed by atoms with van der Waals surface area (Å²) in [6.07, 6.45) is 4.41. The van der Waals surface area contributed by atoms with Gasteiger partial charge in [-0.3, -0.25) is 4.79 Å². The molecule has 0 atom stereocenters. The highest BCUT2D eigenvalue weighted by Gasteiger charge is 2.30. The van der Waals surface area contributed by atoms with E-state index >= 15 is 0 Å². The van der Waals surface area contributed by atoms with Crippen molar-refractivity contribution in [1.82, 2.24) is 5.32 Å². The summed E-state index contributed by atoms with van der Waals surface area (Å²) in [7, 11) is 0. The van der Waals surface area contributed by atoms with Gasteiger partial charge < -0.3 is 16.8 Å². The number of nitrogens with two attached hydrogens (primary N) is 2. The number of carbonyl (C=O) groups excluding carboxylic acids is 1. The average Bonchev–Trinajstić information content (AvgIpc) is 2.41. The first-order valence-corrected chi connectivity index (χ1v) is 7.73. The third-order valence-corrected chi connectivity index (χ3v) is 4.61. The van der Waals surface area contributed by atoms with E-state index in [9.17, 15) is 4.79 Å². The number of hydrogen-bond donors (Lipinski definition) is 3. The van der Waals surface area contributed by atoms with Crippen molar-refractivity contribution in [3.8, 4) is 0 Å². The predicted molar refractivity (Wildman–Crippen MR) is 87.9 cm³/mol. The van der Waals surface area contributed by atoms with Crippen molar-refractivity contribution in [3.63, 3.8) is 0 Å². The third-order valence-electron chi connectivity index (χ3n) is 4.61. The minimum atomic E-state index is -0.112. The molecule has 1 aromatic carbocycles. The van der Waals surface area contributed by atoms with Gasteiger partial charge in [0.1, 0.15) is 0 Å². The van der Waals surface area contributed by atoms with E-state index in [4.69, 9.17) is 11.5 Å². The van der Waals surface area contributed by atoms with Crippen LogP contribution in [0.1, 0.15) is 56.8 Å². The van der Waals surface area contributed by atoms with E-state index < -0.39 is 0 Å². The molecule has 1 amide bonds. The van der Waals surface area contributed by atoms with Gasteiger partial charge in [-0.15, -0.1) is 0 Å². The summed E-state index contributed by atoms with van der Waals surface area (Å²) >= 11 is 0. The van der Waals surface area contributed by atoms with Crippen LogP contribution in [-0.4, -0.2) is 11.9 Å². The van der Waals surface area contributed by atoms with Crippen LogP contribution >= 0.6 is 0 Å². The molecule has 4 heteroatoms. The summed E-state index contributed by atoms with van der Waals surface area (Å²) in [4.78, 5) is 12.3. The van der Waals surface area contributed by atoms with Crippen molar-refractivity contribution in [2.75, 3.05) is 11.5 Å². The van der Waals surface area contributed by atoms with Gasteiger partial charge in [0, 0.05) is 17.4 Å². The Kier molecular flexibility index (Phi) is 4.45. The van der Waals surface area contributed by atoms with Crippen molar-refractivity contribution in [2.24, 2.45) is 11.3 Å². The van der Waals surface area contributed by atoms with Crippen LogP contribution < -0.4 is 16.8 Å². The van der Waals surface area contributed by atoms with Crippen LogP contribution in [0.25, 0.3) is 0 Å². The topological polar surface area (TPSA) is 81.1 Å². The van der Waals surface area contributed by atoms with E-state index in [1.54, 1.807) is 18.2 Å². The highest BCUT2D eigenvalue weighted by molar-refractivity contribution is 6.00. The van der Waals surface area contributed by atoms with Gasteiger partial charge in [-0.2, -0.15) is 0 Å². The number of anilines is 2. The molecule has 0 aromatic heterocycles. The lowest BCUT2D eigenvalue weighted by Gasteiger charge is -2.37. The summed E-state index contributed by atoms with van der Waals surface area (Å²) in [6.45, 7) is 6.89. The van der Waals surface area contributed by atoms with Gasteiger partial charge >= 0.3 is 0 Å². The number of benzene rings is 1. The van der Waals surface area contributed by atoms with Gasteiger partial charge in [-0.05, 0) is 55.2 Å². The molecule has 0 radical (unpaired) electrons. The number of hydrogen-bond acceptors (Lipinski definition) is 3. The van der Waals surface area contributed by atoms with Crippen LogP contribution in [0.2, 0.25) is 0 Å². The Balaban J connectivity index is 1.94. The molecular weight excluding hydrogens is 262 g/mol. The summed E-state index contributed by atoms with van der Waals surface area (Å²) in [6, 6.07) is 5.28. The molecule has 116 valence electrons. The second kappa shape index (κ2) is 5.96. The van der Waals surface area contributed by atoms with E-state index in [0.29, 0.717) is 22.4 Å². The first kappa shape index (κ1) is 15.7. The Bertz CT molecular complexity index is 511. The highest BCUT2D eigenvalue weighted by Crippen LogP contribution is 2.37. The Morgan fingerprint density at radius 1 is 1.14 bits per heavy atom. The summed E-state index contributed by atoms with van der Waals surface area (Å²) in [5.41, 5.74) is 13.5. The van der Waals surface area contributed by atoms with Gasteiger partial charge in [-0.25, -0.2) is 0 Å². The zero-order chi connectivity index (χ0) is 15.6. The molecule has 0 saturated heterocycles. The molecule has 0 bridgehead atoms. The lowest BCUT2D eigenvalue weighted by Crippen LogP contribution is -2.39. The molecule has 2 rings (SSSR count). The fraction of sp³-hybridized carbons (Fsp3) is 0.588. The zero-order valence-corrected chi connectivity index (χ0v) is 13.3. The third kappa shape index (κ3) is 3.90. The molecule has 0 heterocycles. The maximum atomic E-state index is 12.3. The molecule has 1 saturated carbocycles. The first-order valence-electron chi connectivity index (χ1n) is 7.73. The number of rotatable bonds is 2. The van der Waals surface area contributed by atoms with Crippen molar-refractivity contribution in [3.05, 3.63) is 23.8 Å². The Morgan fingerprint density at radius 2 is 1.76 bits per heavy atom. The van der Waals surface area contributed by atoms with Crippen molar-refractivity contribution in [2.45, 2.75) is 52.5 Å². The van der Waals surface area contributed by atoms with Crippen LogP contribution in [0, 0.1) is 11.3 Å². The van der Waals surface area contributed by atoms with Crippen molar-refractivity contribution in [1.29, 1.82) is 0 Å². The molecule has 4 nitrogen and oxygen atoms in total. The second-order valence-corrected chi connectivity index (χ2v) is 7.23. The Morgan fingerprint density at radius 3 is 2.33 bits per heavy atom. The zero-order valence-electron chi connectivity index (χ0n) is 13.3. The smallest absolute Gasteiger partial charge is 0.253 e. The standard InChI is InChI=1S/C17H27N3O/c1-17(2,3)11-4-7-13(8-5-11)20-16(21)14-10-12(18)6-9-15(14)19/h6,9-11,13H,4-5,7-8,18-19H2,1-3H3,(H,20,21). The molecular formula is C17H27N3O. The van der Waals surface area contributed by atoms with Crippen molar-refractivity contribution >= 4 is 17.3 Å². The lowest BCUT2D eigenvalue weighted by atomic mass is 9.71. The van der Waals surface area contributed by atoms with Crippen LogP contribution in [0.5, 0.6) is 0 Å². The largest absolute Gasteiger partial charge is 0.399 e. The summed E-state index contributed by atoms with van der Waals surface area (Å²) in [5, 5.41) is 3.10. The number of carbonyl (C=O) groups is 1. The maximum Gasteiger partial charge on any atom is 0.253 e. The molecule has 1 fully saturated rings. The van der Waals surface area contributed by atoms with Gasteiger partial charge in [0.25, 0.3) is 5.91 Å². The monoisotopic (exact) mass is 289 g/mol. The summed E-state index contributed by atoms with van der Waals surface area (Å²) < 4.78 is 0. The van der Waals surface area contributed by atoms with E-state index in [2.05, 4.69) is 26.1 Å². The predicted octanol–water partition coefficient (Wildman–Crippen LogP) is 3.19. The minimum Gasteiger partial charge on any atom is -0.399 e. The van der Waals surface area contributed by atoms with Gasteiger partial charge in [-0.1, -0.05) is 20.8 Å². The van der Waals surface area contributed by atoms with Crippen LogP contribution in [0.4, 0.5) is 11.4 Å². The molecule has 21 heavy (non-hydrogen) atoms. The second-order valence-electron chi connectivity index (χ2n) is 7.23. The van der Waals surface area contributed by atoms with E-state index in [1.807, 2.05) is 0 Å². The fourth-order valence-electron chi connectivity index (χ4n) is 3.14. The number of nitrogen functional groups attached to an aromatic ring is 2. The van der Waals surface area contributed by atoms with E-state index in [1.165, 1.54) is 12.8 Å². The maximum absolute atomic E-state index is 12.3. The molecule has 0 aliphatic heterocycles. The number of amides is 1. The minimum absolute atomic E-state index is 0.112. The molecule has 1 aromatic rings. The van der Waals surface area contributed by atoms with Crippen LogP contribution in [0.15, 0.2) is 18.2 Å². The molecule has 5 N–H and O–H groups in total. The van der Waals surface area contributed by atoms with E-state index in [-0.39, 0.29) is 11.9 Å². The van der Waals surface area contributed by atoms with Crippen molar-refractivity contribution < 1.29 is 4.79 Å². The normalized spacial score (nSPS) is 22.8. The first-order chi connectivity index (χ1) is 9.77. The van der Waals surface area contributed by atoms with Gasteiger partial charge in [0.15, 0.2) is 0 Å². The van der Waals surface area contributed by atoms with Gasteiger partial charge in [0.05, 0.1) is 5.56 Å². The number of nitrogens with one attached hydrogen (secondary N) is 1. The van der Waals surface area contributed by atoms with E-state index in [0.717, 1.165) is 18.8 Å². The molecule has 0 unspecified atom stereocenters. The highest BCUT2D eigenvalue weighted by atomic mass is 16.1. The molecule has 0 spiro atoms.